The average Bonchev–Trinajstić information content (AvgIpc) is 3.11. The van der Waals surface area contributed by atoms with E-state index in [-0.39, 0.29) is 0 Å². The van der Waals surface area contributed by atoms with Crippen LogP contribution in [0.5, 0.6) is 0 Å². The average molecular weight is 333 g/mol. The Bertz CT molecular complexity index is 722. The van der Waals surface area contributed by atoms with Crippen LogP contribution in [0.4, 0.5) is 4.79 Å². The largest absolute Gasteiger partial charge is 0.372 e. The zero-order valence-corrected chi connectivity index (χ0v) is 11.8. The van der Waals surface area contributed by atoms with Gasteiger partial charge in [-0.25, -0.2) is 4.79 Å². The van der Waals surface area contributed by atoms with Crippen LogP contribution >= 0.6 is 15.9 Å². The minimum Gasteiger partial charge on any atom is -0.243 e. The first kappa shape index (κ1) is 12.7. The third-order valence-electron chi connectivity index (χ3n) is 2.73. The summed E-state index contributed by atoms with van der Waals surface area (Å²) in [5, 5.41) is 15.0. The van der Waals surface area contributed by atoms with Crippen LogP contribution in [-0.4, -0.2) is 36.0 Å². The lowest BCUT2D eigenvalue weighted by Gasteiger charge is -2.05. The van der Waals surface area contributed by atoms with E-state index in [4.69, 9.17) is 0 Å². The summed E-state index contributed by atoms with van der Waals surface area (Å²) in [6.07, 6.45) is 3.43. The van der Waals surface area contributed by atoms with Crippen LogP contribution in [0, 0.1) is 0 Å². The van der Waals surface area contributed by atoms with Gasteiger partial charge in [0.05, 0.1) is 18.1 Å². The van der Waals surface area contributed by atoms with Gasteiger partial charge in [0.1, 0.15) is 0 Å². The standard InChI is InChI=1S/C12H9BrN6O/c13-11-10(8-9-4-2-1-3-5-9)19(17-15-11)12(20)18-7-6-14-16-18/h1-7H,8H2. The van der Waals surface area contributed by atoms with Gasteiger partial charge in [-0.3, -0.25) is 0 Å². The summed E-state index contributed by atoms with van der Waals surface area (Å²) in [5.41, 5.74) is 1.72. The van der Waals surface area contributed by atoms with Crippen molar-refractivity contribution >= 4 is 22.0 Å². The van der Waals surface area contributed by atoms with Crippen LogP contribution in [0.25, 0.3) is 0 Å². The molecule has 0 N–H and O–H groups in total. The minimum absolute atomic E-state index is 0.424. The zero-order valence-electron chi connectivity index (χ0n) is 10.2. The first-order valence-corrected chi connectivity index (χ1v) is 6.60. The van der Waals surface area contributed by atoms with Crippen LogP contribution in [0.15, 0.2) is 47.3 Å². The fraction of sp³-hybridized carbons (Fsp3) is 0.0833. The molecule has 2 aromatic heterocycles. The number of carbonyl (C=O) groups is 1. The molecular weight excluding hydrogens is 324 g/mol. The molecule has 3 aromatic rings. The molecule has 0 radical (unpaired) electrons. The van der Waals surface area contributed by atoms with E-state index in [1.807, 2.05) is 30.3 Å². The maximum atomic E-state index is 12.2. The van der Waals surface area contributed by atoms with E-state index in [0.717, 1.165) is 10.2 Å². The molecule has 0 amide bonds. The molecule has 0 aliphatic rings. The third kappa shape index (κ3) is 2.37. The van der Waals surface area contributed by atoms with Crippen molar-refractivity contribution in [1.29, 1.82) is 0 Å². The van der Waals surface area contributed by atoms with Crippen molar-refractivity contribution in [3.63, 3.8) is 0 Å². The second-order valence-electron chi connectivity index (χ2n) is 4.03. The van der Waals surface area contributed by atoms with Gasteiger partial charge in [-0.15, -0.1) is 10.2 Å². The van der Waals surface area contributed by atoms with E-state index >= 15 is 0 Å². The minimum atomic E-state index is -0.424. The Kier molecular flexibility index (Phi) is 3.38. The van der Waals surface area contributed by atoms with Crippen LogP contribution in [-0.2, 0) is 6.42 Å². The maximum absolute atomic E-state index is 12.2. The summed E-state index contributed by atoms with van der Waals surface area (Å²) in [6, 6.07) is 9.35. The topological polar surface area (TPSA) is 78.5 Å². The fourth-order valence-corrected chi connectivity index (χ4v) is 2.16. The Morgan fingerprint density at radius 1 is 1.20 bits per heavy atom. The molecule has 0 saturated carbocycles. The van der Waals surface area contributed by atoms with E-state index in [9.17, 15) is 4.79 Å². The Balaban J connectivity index is 1.96. The number of benzene rings is 1. The number of carbonyl (C=O) groups excluding carboxylic acids is 1. The van der Waals surface area contributed by atoms with Gasteiger partial charge in [-0.05, 0) is 21.5 Å². The number of hydrogen-bond donors (Lipinski definition) is 0. The highest BCUT2D eigenvalue weighted by molar-refractivity contribution is 9.10. The molecule has 0 fully saturated rings. The van der Waals surface area contributed by atoms with Crippen LogP contribution in [0.3, 0.4) is 0 Å². The van der Waals surface area contributed by atoms with Crippen molar-refractivity contribution in [1.82, 2.24) is 30.0 Å². The summed E-state index contributed by atoms with van der Waals surface area (Å²) in [7, 11) is 0. The van der Waals surface area contributed by atoms with E-state index in [2.05, 4.69) is 36.6 Å². The summed E-state index contributed by atoms with van der Waals surface area (Å²) >= 11 is 3.31. The van der Waals surface area contributed by atoms with Crippen LogP contribution in [0.1, 0.15) is 11.3 Å². The molecule has 0 saturated heterocycles. The highest BCUT2D eigenvalue weighted by Crippen LogP contribution is 2.17. The molecule has 0 spiro atoms. The van der Waals surface area contributed by atoms with E-state index < -0.39 is 6.03 Å². The Morgan fingerprint density at radius 3 is 2.70 bits per heavy atom. The molecule has 100 valence electrons. The molecule has 7 nitrogen and oxygen atoms in total. The maximum Gasteiger partial charge on any atom is 0.372 e. The second-order valence-corrected chi connectivity index (χ2v) is 4.78. The molecule has 20 heavy (non-hydrogen) atoms. The first-order valence-electron chi connectivity index (χ1n) is 5.81. The summed E-state index contributed by atoms with van der Waals surface area (Å²) in [5.74, 6) is 0. The molecule has 0 aliphatic heterocycles. The predicted octanol–water partition coefficient (Wildman–Crippen LogP) is 1.74. The normalized spacial score (nSPS) is 10.7. The summed E-state index contributed by atoms with van der Waals surface area (Å²) < 4.78 is 2.86. The molecule has 0 bridgehead atoms. The SMILES string of the molecule is O=C(n1ccnn1)n1nnc(Br)c1Cc1ccccc1. The van der Waals surface area contributed by atoms with E-state index in [1.165, 1.54) is 17.1 Å². The molecule has 1 aromatic carbocycles. The molecular formula is C12H9BrN6O. The highest BCUT2D eigenvalue weighted by atomic mass is 79.9. The van der Waals surface area contributed by atoms with Crippen molar-refractivity contribution in [3.8, 4) is 0 Å². The van der Waals surface area contributed by atoms with Gasteiger partial charge in [0, 0.05) is 6.42 Å². The Labute approximate surface area is 122 Å². The molecule has 3 rings (SSSR count). The molecule has 0 aliphatic carbocycles. The van der Waals surface area contributed by atoms with Crippen molar-refractivity contribution in [2.45, 2.75) is 6.42 Å². The van der Waals surface area contributed by atoms with Gasteiger partial charge in [0.2, 0.25) is 0 Å². The van der Waals surface area contributed by atoms with Gasteiger partial charge < -0.3 is 0 Å². The molecule has 0 unspecified atom stereocenters. The first-order chi connectivity index (χ1) is 9.75. The van der Waals surface area contributed by atoms with Crippen molar-refractivity contribution in [3.05, 3.63) is 58.6 Å². The Hall–Kier alpha value is -2.35. The molecule has 2 heterocycles. The molecule has 8 heteroatoms. The summed E-state index contributed by atoms with van der Waals surface area (Å²) in [6.45, 7) is 0. The van der Waals surface area contributed by atoms with Gasteiger partial charge in [0.15, 0.2) is 4.60 Å². The lowest BCUT2D eigenvalue weighted by molar-refractivity contribution is 0.236. The quantitative estimate of drug-likeness (QED) is 0.714. The number of nitrogens with zero attached hydrogens (tertiary/aromatic N) is 6. The van der Waals surface area contributed by atoms with Crippen molar-refractivity contribution in [2.24, 2.45) is 0 Å². The highest BCUT2D eigenvalue weighted by Gasteiger charge is 2.18. The molecule has 0 atom stereocenters. The van der Waals surface area contributed by atoms with Gasteiger partial charge in [-0.2, -0.15) is 9.36 Å². The zero-order chi connectivity index (χ0) is 13.9. The number of aromatic nitrogens is 6. The third-order valence-corrected chi connectivity index (χ3v) is 3.35. The summed E-state index contributed by atoms with van der Waals surface area (Å²) in [4.78, 5) is 12.2. The van der Waals surface area contributed by atoms with Crippen molar-refractivity contribution in [2.75, 3.05) is 0 Å². The lowest BCUT2D eigenvalue weighted by Crippen LogP contribution is -2.23. The van der Waals surface area contributed by atoms with Crippen LogP contribution < -0.4 is 0 Å². The van der Waals surface area contributed by atoms with E-state index in [1.54, 1.807) is 0 Å². The smallest absolute Gasteiger partial charge is 0.243 e. The number of rotatable bonds is 2. The van der Waals surface area contributed by atoms with E-state index in [0.29, 0.717) is 16.7 Å². The van der Waals surface area contributed by atoms with Gasteiger partial charge in [0.25, 0.3) is 0 Å². The monoisotopic (exact) mass is 332 g/mol. The van der Waals surface area contributed by atoms with Crippen LogP contribution in [0.2, 0.25) is 0 Å². The second kappa shape index (κ2) is 5.33. The predicted molar refractivity (Wildman–Crippen MR) is 73.2 cm³/mol. The lowest BCUT2D eigenvalue weighted by atomic mass is 10.1. The van der Waals surface area contributed by atoms with Gasteiger partial charge >= 0.3 is 6.03 Å². The number of halogens is 1. The Morgan fingerprint density at radius 2 is 2.00 bits per heavy atom. The van der Waals surface area contributed by atoms with Crippen molar-refractivity contribution < 1.29 is 4.79 Å². The van der Waals surface area contributed by atoms with Gasteiger partial charge in [-0.1, -0.05) is 40.8 Å². The fourth-order valence-electron chi connectivity index (χ4n) is 1.78. The number of hydrogen-bond acceptors (Lipinski definition) is 5.